The molecule has 0 radical (unpaired) electrons. The van der Waals surface area contributed by atoms with Crippen molar-refractivity contribution in [2.45, 2.75) is 13.0 Å². The van der Waals surface area contributed by atoms with Crippen molar-refractivity contribution in [2.75, 3.05) is 7.05 Å². The van der Waals surface area contributed by atoms with Crippen LogP contribution in [0.15, 0.2) is 34.8 Å². The Hall–Kier alpha value is -0.970. The van der Waals surface area contributed by atoms with Crippen LogP contribution in [0.25, 0.3) is 0 Å². The lowest BCUT2D eigenvalue weighted by Gasteiger charge is -2.20. The van der Waals surface area contributed by atoms with Crippen molar-refractivity contribution in [3.8, 4) is 0 Å². The Morgan fingerprint density at radius 1 is 1.15 bits per heavy atom. The van der Waals surface area contributed by atoms with Crippen molar-refractivity contribution in [2.24, 2.45) is 0 Å². The van der Waals surface area contributed by atoms with Gasteiger partial charge in [0, 0.05) is 10.0 Å². The van der Waals surface area contributed by atoms with Crippen LogP contribution in [-0.4, -0.2) is 7.05 Å². The zero-order valence-electron chi connectivity index (χ0n) is 11.0. The predicted molar refractivity (Wildman–Crippen MR) is 81.1 cm³/mol. The standard InChI is InChI=1S/C15H13BrClF2N/c1-8-3-4-9(18)5-10(8)15(20-2)11-6-13(17)12(16)7-14(11)19/h3-7,15,20H,1-2H3. The molecule has 5 heteroatoms. The van der Waals surface area contributed by atoms with Crippen LogP contribution < -0.4 is 5.32 Å². The van der Waals surface area contributed by atoms with Crippen molar-refractivity contribution in [1.82, 2.24) is 5.32 Å². The number of rotatable bonds is 3. The fourth-order valence-electron chi connectivity index (χ4n) is 2.16. The Bertz CT molecular complexity index is 646. The molecule has 0 spiro atoms. The van der Waals surface area contributed by atoms with Gasteiger partial charge in [0.1, 0.15) is 11.6 Å². The first-order valence-corrected chi connectivity index (χ1v) is 7.19. The molecule has 0 bridgehead atoms. The van der Waals surface area contributed by atoms with Crippen LogP contribution in [-0.2, 0) is 0 Å². The molecule has 1 atom stereocenters. The van der Waals surface area contributed by atoms with Crippen LogP contribution in [0.2, 0.25) is 5.02 Å². The van der Waals surface area contributed by atoms with E-state index in [0.29, 0.717) is 20.6 Å². The highest BCUT2D eigenvalue weighted by Crippen LogP contribution is 2.32. The van der Waals surface area contributed by atoms with Gasteiger partial charge >= 0.3 is 0 Å². The minimum absolute atomic E-state index is 0.352. The summed E-state index contributed by atoms with van der Waals surface area (Å²) in [4.78, 5) is 0. The van der Waals surface area contributed by atoms with Crippen molar-refractivity contribution in [1.29, 1.82) is 0 Å². The topological polar surface area (TPSA) is 12.0 Å². The first kappa shape index (κ1) is 15.4. The van der Waals surface area contributed by atoms with E-state index in [9.17, 15) is 8.78 Å². The molecule has 0 aliphatic heterocycles. The zero-order valence-corrected chi connectivity index (χ0v) is 13.3. The normalized spacial score (nSPS) is 12.5. The maximum absolute atomic E-state index is 14.2. The van der Waals surface area contributed by atoms with Gasteiger partial charge in [-0.25, -0.2) is 8.78 Å². The second-order valence-corrected chi connectivity index (χ2v) is 5.77. The van der Waals surface area contributed by atoms with Crippen LogP contribution in [0.1, 0.15) is 22.7 Å². The lowest BCUT2D eigenvalue weighted by Crippen LogP contribution is -2.20. The van der Waals surface area contributed by atoms with E-state index >= 15 is 0 Å². The summed E-state index contributed by atoms with van der Waals surface area (Å²) in [5, 5.41) is 3.42. The van der Waals surface area contributed by atoms with E-state index in [4.69, 9.17) is 11.6 Å². The number of aryl methyl sites for hydroxylation is 1. The van der Waals surface area contributed by atoms with Gasteiger partial charge in [-0.2, -0.15) is 0 Å². The summed E-state index contributed by atoms with van der Waals surface area (Å²) in [6.07, 6.45) is 0. The molecule has 2 aromatic carbocycles. The van der Waals surface area contributed by atoms with Crippen LogP contribution in [0.3, 0.4) is 0 Å². The Labute approximate surface area is 130 Å². The second kappa shape index (κ2) is 6.20. The molecule has 0 saturated carbocycles. The maximum atomic E-state index is 14.2. The minimum atomic E-state index is -0.462. The van der Waals surface area contributed by atoms with Crippen LogP contribution >= 0.6 is 27.5 Å². The quantitative estimate of drug-likeness (QED) is 0.760. The molecule has 106 valence electrons. The summed E-state index contributed by atoms with van der Waals surface area (Å²) < 4.78 is 28.1. The molecule has 0 aromatic heterocycles. The molecule has 2 rings (SSSR count). The average Bonchev–Trinajstić information content (AvgIpc) is 2.40. The maximum Gasteiger partial charge on any atom is 0.129 e. The number of nitrogens with one attached hydrogen (secondary N) is 1. The number of halogens is 4. The second-order valence-electron chi connectivity index (χ2n) is 4.51. The van der Waals surface area contributed by atoms with E-state index in [1.807, 2.05) is 6.92 Å². The summed E-state index contributed by atoms with van der Waals surface area (Å²) in [7, 11) is 1.70. The summed E-state index contributed by atoms with van der Waals surface area (Å²) >= 11 is 9.21. The highest BCUT2D eigenvalue weighted by molar-refractivity contribution is 9.10. The number of hydrogen-bond acceptors (Lipinski definition) is 1. The molecule has 0 heterocycles. The Morgan fingerprint density at radius 3 is 2.50 bits per heavy atom. The molecule has 0 fully saturated rings. The predicted octanol–water partition coefficient (Wildman–Crippen LogP) is 5.00. The molecule has 20 heavy (non-hydrogen) atoms. The molecule has 0 amide bonds. The van der Waals surface area contributed by atoms with E-state index in [1.165, 1.54) is 18.2 Å². The van der Waals surface area contributed by atoms with Gasteiger partial charge in [-0.3, -0.25) is 0 Å². The van der Waals surface area contributed by atoms with Crippen molar-refractivity contribution >= 4 is 27.5 Å². The van der Waals surface area contributed by atoms with E-state index in [1.54, 1.807) is 19.2 Å². The van der Waals surface area contributed by atoms with Gasteiger partial charge in [-0.15, -0.1) is 0 Å². The summed E-state index contributed by atoms with van der Waals surface area (Å²) in [6, 6.07) is 6.87. The molecule has 0 aliphatic rings. The molecule has 1 unspecified atom stereocenters. The van der Waals surface area contributed by atoms with E-state index in [-0.39, 0.29) is 5.82 Å². The van der Waals surface area contributed by atoms with Gasteiger partial charge in [0.25, 0.3) is 0 Å². The largest absolute Gasteiger partial charge is 0.309 e. The Morgan fingerprint density at radius 2 is 1.85 bits per heavy atom. The molecular formula is C15H13BrClF2N. The van der Waals surface area contributed by atoms with Gasteiger partial charge in [0.15, 0.2) is 0 Å². The van der Waals surface area contributed by atoms with Gasteiger partial charge < -0.3 is 5.32 Å². The van der Waals surface area contributed by atoms with Crippen molar-refractivity contribution in [3.05, 3.63) is 68.2 Å². The fourth-order valence-corrected chi connectivity index (χ4v) is 2.65. The molecular weight excluding hydrogens is 348 g/mol. The number of benzene rings is 2. The molecule has 1 N–H and O–H groups in total. The first-order valence-electron chi connectivity index (χ1n) is 6.01. The van der Waals surface area contributed by atoms with Gasteiger partial charge in [-0.1, -0.05) is 17.7 Å². The Kier molecular flexibility index (Phi) is 4.78. The smallest absolute Gasteiger partial charge is 0.129 e. The highest BCUT2D eigenvalue weighted by Gasteiger charge is 2.20. The molecule has 2 aromatic rings. The van der Waals surface area contributed by atoms with Gasteiger partial charge in [0.05, 0.1) is 11.1 Å². The van der Waals surface area contributed by atoms with E-state index in [0.717, 1.165) is 5.56 Å². The van der Waals surface area contributed by atoms with Gasteiger partial charge in [0.2, 0.25) is 0 Å². The highest BCUT2D eigenvalue weighted by atomic mass is 79.9. The zero-order chi connectivity index (χ0) is 14.9. The SMILES string of the molecule is CNC(c1cc(F)ccc1C)c1cc(Cl)c(Br)cc1F. The van der Waals surface area contributed by atoms with Gasteiger partial charge in [-0.05, 0) is 65.3 Å². The van der Waals surface area contributed by atoms with Crippen molar-refractivity contribution < 1.29 is 8.78 Å². The Balaban J connectivity index is 2.58. The summed E-state index contributed by atoms with van der Waals surface area (Å²) in [6.45, 7) is 1.86. The summed E-state index contributed by atoms with van der Waals surface area (Å²) in [5.74, 6) is -0.751. The van der Waals surface area contributed by atoms with Crippen LogP contribution in [0.4, 0.5) is 8.78 Å². The lowest BCUT2D eigenvalue weighted by molar-refractivity contribution is 0.569. The van der Waals surface area contributed by atoms with Crippen molar-refractivity contribution in [3.63, 3.8) is 0 Å². The van der Waals surface area contributed by atoms with E-state index < -0.39 is 11.9 Å². The average molecular weight is 361 g/mol. The van der Waals surface area contributed by atoms with Crippen LogP contribution in [0.5, 0.6) is 0 Å². The fraction of sp³-hybridized carbons (Fsp3) is 0.200. The van der Waals surface area contributed by atoms with E-state index in [2.05, 4.69) is 21.2 Å². The third-order valence-electron chi connectivity index (χ3n) is 3.19. The molecule has 0 saturated heterocycles. The number of hydrogen-bond donors (Lipinski definition) is 1. The van der Waals surface area contributed by atoms with Crippen LogP contribution in [0, 0.1) is 18.6 Å². The summed E-state index contributed by atoms with van der Waals surface area (Å²) in [5.41, 5.74) is 1.95. The first-order chi connectivity index (χ1) is 9.43. The molecule has 0 aliphatic carbocycles. The molecule has 1 nitrogen and oxygen atoms in total. The third kappa shape index (κ3) is 3.03. The lowest BCUT2D eigenvalue weighted by atomic mass is 9.94. The minimum Gasteiger partial charge on any atom is -0.309 e. The third-order valence-corrected chi connectivity index (χ3v) is 4.39. The monoisotopic (exact) mass is 359 g/mol.